The summed E-state index contributed by atoms with van der Waals surface area (Å²) < 4.78 is 32.1. The number of aromatic nitrogens is 1. The molecular formula is C11H17BrN2O3S. The maximum absolute atomic E-state index is 11.9. The molecule has 0 spiro atoms. The maximum Gasteiger partial charge on any atom is 0.242 e. The average molecular weight is 337 g/mol. The third-order valence-electron chi connectivity index (χ3n) is 2.10. The Hall–Kier alpha value is -0.500. The number of nitrogens with zero attached hydrogens (tertiary/aromatic N) is 1. The van der Waals surface area contributed by atoms with Crippen molar-refractivity contribution in [3.63, 3.8) is 0 Å². The number of rotatable bonds is 8. The predicted molar refractivity (Wildman–Crippen MR) is 72.9 cm³/mol. The van der Waals surface area contributed by atoms with Gasteiger partial charge in [-0.1, -0.05) is 6.92 Å². The maximum atomic E-state index is 11.9. The minimum Gasteiger partial charge on any atom is -0.381 e. The van der Waals surface area contributed by atoms with Crippen LogP contribution in [0.15, 0.2) is 27.8 Å². The highest BCUT2D eigenvalue weighted by atomic mass is 79.9. The SMILES string of the molecule is CCCOCCCNS(=O)(=O)c1cncc(Br)c1. The Morgan fingerprint density at radius 1 is 1.39 bits per heavy atom. The molecule has 1 N–H and O–H groups in total. The zero-order valence-electron chi connectivity index (χ0n) is 10.2. The van der Waals surface area contributed by atoms with E-state index in [4.69, 9.17) is 4.74 Å². The second-order valence-electron chi connectivity index (χ2n) is 3.70. The molecule has 0 amide bonds. The number of sulfonamides is 1. The zero-order valence-corrected chi connectivity index (χ0v) is 12.6. The summed E-state index contributed by atoms with van der Waals surface area (Å²) in [7, 11) is -3.47. The fourth-order valence-corrected chi connectivity index (χ4v) is 2.83. The van der Waals surface area contributed by atoms with Crippen molar-refractivity contribution in [1.29, 1.82) is 0 Å². The Bertz CT molecular complexity index is 465. The van der Waals surface area contributed by atoms with Crippen LogP contribution in [0.1, 0.15) is 19.8 Å². The van der Waals surface area contributed by atoms with Gasteiger partial charge in [0.05, 0.1) is 0 Å². The van der Waals surface area contributed by atoms with E-state index in [0.29, 0.717) is 30.7 Å². The Morgan fingerprint density at radius 3 is 2.83 bits per heavy atom. The lowest BCUT2D eigenvalue weighted by Crippen LogP contribution is -2.25. The monoisotopic (exact) mass is 336 g/mol. The minimum atomic E-state index is -3.47. The number of ether oxygens (including phenoxy) is 1. The van der Waals surface area contributed by atoms with E-state index in [1.165, 1.54) is 18.5 Å². The van der Waals surface area contributed by atoms with E-state index in [1.54, 1.807) is 0 Å². The molecule has 0 aromatic carbocycles. The highest BCUT2D eigenvalue weighted by Gasteiger charge is 2.13. The summed E-state index contributed by atoms with van der Waals surface area (Å²) in [6.45, 7) is 3.66. The summed E-state index contributed by atoms with van der Waals surface area (Å²) >= 11 is 3.19. The first kappa shape index (κ1) is 15.6. The van der Waals surface area contributed by atoms with Crippen LogP contribution >= 0.6 is 15.9 Å². The van der Waals surface area contributed by atoms with Crippen LogP contribution in [0.5, 0.6) is 0 Å². The van der Waals surface area contributed by atoms with Crippen molar-refractivity contribution in [3.05, 3.63) is 22.9 Å². The van der Waals surface area contributed by atoms with Crippen LogP contribution in [-0.4, -0.2) is 33.2 Å². The lowest BCUT2D eigenvalue weighted by atomic mass is 10.4. The summed E-state index contributed by atoms with van der Waals surface area (Å²) in [5.74, 6) is 0. The zero-order chi connectivity index (χ0) is 13.4. The largest absolute Gasteiger partial charge is 0.381 e. The van der Waals surface area contributed by atoms with Crippen LogP contribution in [0.2, 0.25) is 0 Å². The summed E-state index contributed by atoms with van der Waals surface area (Å²) in [5.41, 5.74) is 0. The van der Waals surface area contributed by atoms with Crippen LogP contribution < -0.4 is 4.72 Å². The molecule has 18 heavy (non-hydrogen) atoms. The molecule has 5 nitrogen and oxygen atoms in total. The smallest absolute Gasteiger partial charge is 0.242 e. The number of hydrogen-bond donors (Lipinski definition) is 1. The number of hydrogen-bond acceptors (Lipinski definition) is 4. The summed E-state index contributed by atoms with van der Waals surface area (Å²) in [5, 5.41) is 0. The lowest BCUT2D eigenvalue weighted by Gasteiger charge is -2.07. The van der Waals surface area contributed by atoms with Gasteiger partial charge in [0.25, 0.3) is 0 Å². The third kappa shape index (κ3) is 5.43. The topological polar surface area (TPSA) is 68.3 Å². The fourth-order valence-electron chi connectivity index (χ4n) is 1.25. The Balaban J connectivity index is 2.41. The standard InChI is InChI=1S/C11H17BrN2O3S/c1-2-5-17-6-3-4-14-18(15,16)11-7-10(12)8-13-9-11/h7-9,14H,2-6H2,1H3. The normalized spacial score (nSPS) is 11.7. The van der Waals surface area contributed by atoms with Gasteiger partial charge in [-0.2, -0.15) is 0 Å². The molecule has 0 saturated heterocycles. The molecular weight excluding hydrogens is 320 g/mol. The molecule has 0 aliphatic carbocycles. The Labute approximate surface area is 116 Å². The van der Waals surface area contributed by atoms with Crippen LogP contribution in [0, 0.1) is 0 Å². The molecule has 0 unspecified atom stereocenters. The van der Waals surface area contributed by atoms with Gasteiger partial charge >= 0.3 is 0 Å². The number of halogens is 1. The molecule has 0 fully saturated rings. The van der Waals surface area contributed by atoms with Gasteiger partial charge in [0, 0.05) is 36.6 Å². The molecule has 1 rings (SSSR count). The van der Waals surface area contributed by atoms with Gasteiger partial charge in [-0.25, -0.2) is 13.1 Å². The minimum absolute atomic E-state index is 0.159. The quantitative estimate of drug-likeness (QED) is 0.736. The van der Waals surface area contributed by atoms with Crippen molar-refractivity contribution in [2.45, 2.75) is 24.7 Å². The van der Waals surface area contributed by atoms with Crippen LogP contribution in [0.25, 0.3) is 0 Å². The summed E-state index contributed by atoms with van der Waals surface area (Å²) in [6, 6.07) is 1.52. The molecule has 102 valence electrons. The van der Waals surface area contributed by atoms with E-state index in [9.17, 15) is 8.42 Å². The molecule has 0 aliphatic rings. The number of nitrogens with one attached hydrogen (secondary N) is 1. The van der Waals surface area contributed by atoms with E-state index < -0.39 is 10.0 Å². The van der Waals surface area contributed by atoms with E-state index in [0.717, 1.165) is 6.42 Å². The molecule has 0 radical (unpaired) electrons. The fraction of sp³-hybridized carbons (Fsp3) is 0.545. The second kappa shape index (κ2) is 7.83. The lowest BCUT2D eigenvalue weighted by molar-refractivity contribution is 0.133. The van der Waals surface area contributed by atoms with E-state index in [2.05, 4.69) is 25.6 Å². The summed E-state index contributed by atoms with van der Waals surface area (Å²) in [4.78, 5) is 3.99. The van der Waals surface area contributed by atoms with Gasteiger partial charge in [0.2, 0.25) is 10.0 Å². The second-order valence-corrected chi connectivity index (χ2v) is 6.39. The van der Waals surface area contributed by atoms with Gasteiger partial charge < -0.3 is 4.74 Å². The summed E-state index contributed by atoms with van der Waals surface area (Å²) in [6.07, 6.45) is 4.48. The first-order valence-corrected chi connectivity index (χ1v) is 8.02. The van der Waals surface area contributed by atoms with Gasteiger partial charge in [-0.15, -0.1) is 0 Å². The van der Waals surface area contributed by atoms with Crippen molar-refractivity contribution in [1.82, 2.24) is 9.71 Å². The molecule has 7 heteroatoms. The molecule has 0 saturated carbocycles. The molecule has 0 aliphatic heterocycles. The van der Waals surface area contributed by atoms with Crippen molar-refractivity contribution < 1.29 is 13.2 Å². The highest BCUT2D eigenvalue weighted by Crippen LogP contribution is 2.13. The van der Waals surface area contributed by atoms with Crippen LogP contribution in [0.4, 0.5) is 0 Å². The molecule has 1 aromatic heterocycles. The van der Waals surface area contributed by atoms with Crippen molar-refractivity contribution >= 4 is 26.0 Å². The van der Waals surface area contributed by atoms with Gasteiger partial charge in [-0.3, -0.25) is 4.98 Å². The third-order valence-corrected chi connectivity index (χ3v) is 3.96. The average Bonchev–Trinajstić information content (AvgIpc) is 2.33. The van der Waals surface area contributed by atoms with Crippen molar-refractivity contribution in [3.8, 4) is 0 Å². The van der Waals surface area contributed by atoms with Crippen LogP contribution in [-0.2, 0) is 14.8 Å². The Kier molecular flexibility index (Phi) is 6.77. The molecule has 0 bridgehead atoms. The van der Waals surface area contributed by atoms with Gasteiger partial charge in [0.15, 0.2) is 0 Å². The van der Waals surface area contributed by atoms with Crippen LogP contribution in [0.3, 0.4) is 0 Å². The van der Waals surface area contributed by atoms with Crippen molar-refractivity contribution in [2.75, 3.05) is 19.8 Å². The Morgan fingerprint density at radius 2 is 2.17 bits per heavy atom. The van der Waals surface area contributed by atoms with E-state index in [1.807, 2.05) is 6.92 Å². The molecule has 0 atom stereocenters. The number of pyridine rings is 1. The van der Waals surface area contributed by atoms with Crippen molar-refractivity contribution in [2.24, 2.45) is 0 Å². The van der Waals surface area contributed by atoms with E-state index in [-0.39, 0.29) is 4.90 Å². The molecule has 1 heterocycles. The van der Waals surface area contributed by atoms with E-state index >= 15 is 0 Å². The first-order chi connectivity index (χ1) is 8.56. The predicted octanol–water partition coefficient (Wildman–Crippen LogP) is 1.94. The van der Waals surface area contributed by atoms with Gasteiger partial charge in [-0.05, 0) is 34.8 Å². The highest BCUT2D eigenvalue weighted by molar-refractivity contribution is 9.10. The van der Waals surface area contributed by atoms with Gasteiger partial charge in [0.1, 0.15) is 4.90 Å². The molecule has 1 aromatic rings. The first-order valence-electron chi connectivity index (χ1n) is 5.74.